The Balaban J connectivity index is 2.28. The molecule has 0 spiro atoms. The average molecular weight is 312 g/mol. The summed E-state index contributed by atoms with van der Waals surface area (Å²) < 4.78 is 4.17. The maximum atomic E-state index is 12.4. The van der Waals surface area contributed by atoms with Crippen LogP contribution in [-0.4, -0.2) is 40.6 Å². The minimum atomic E-state index is -0.167. The highest BCUT2D eigenvalue weighted by molar-refractivity contribution is 7.11. The Morgan fingerprint density at radius 1 is 1.57 bits per heavy atom. The molecular weight excluding hydrogens is 288 g/mol. The summed E-state index contributed by atoms with van der Waals surface area (Å²) >= 11 is 1.28. The largest absolute Gasteiger partial charge is 0.396 e. The van der Waals surface area contributed by atoms with Crippen LogP contribution in [0.25, 0.3) is 0 Å². The minimum Gasteiger partial charge on any atom is -0.396 e. The Kier molecular flexibility index (Phi) is 5.41. The van der Waals surface area contributed by atoms with E-state index in [1.165, 1.54) is 11.5 Å². The van der Waals surface area contributed by atoms with E-state index in [9.17, 15) is 9.90 Å². The van der Waals surface area contributed by atoms with Gasteiger partial charge in [-0.2, -0.15) is 4.37 Å². The van der Waals surface area contributed by atoms with Crippen molar-refractivity contribution in [3.63, 3.8) is 0 Å². The maximum absolute atomic E-state index is 12.4. The van der Waals surface area contributed by atoms with Crippen molar-refractivity contribution in [3.05, 3.63) is 5.56 Å². The molecule has 6 nitrogen and oxygen atoms in total. The summed E-state index contributed by atoms with van der Waals surface area (Å²) in [6, 6.07) is 0.313. The first-order valence-corrected chi connectivity index (χ1v) is 8.25. The van der Waals surface area contributed by atoms with Crippen LogP contribution in [0.2, 0.25) is 0 Å². The fraction of sp³-hybridized carbons (Fsp3) is 0.714. The van der Waals surface area contributed by atoms with Crippen LogP contribution < -0.4 is 16.0 Å². The fourth-order valence-electron chi connectivity index (χ4n) is 2.75. The van der Waals surface area contributed by atoms with E-state index in [4.69, 9.17) is 5.73 Å². The molecule has 1 aliphatic rings. The summed E-state index contributed by atoms with van der Waals surface area (Å²) in [4.78, 5) is 14.6. The first-order valence-electron chi connectivity index (χ1n) is 7.48. The number of nitrogens with one attached hydrogen (secondary N) is 1. The number of anilines is 2. The summed E-state index contributed by atoms with van der Waals surface area (Å²) in [6.45, 7) is 4.88. The Morgan fingerprint density at radius 2 is 2.33 bits per heavy atom. The van der Waals surface area contributed by atoms with Crippen LogP contribution in [0.5, 0.6) is 0 Å². The number of nitrogens with zero attached hydrogens (tertiary/aromatic N) is 2. The van der Waals surface area contributed by atoms with Crippen molar-refractivity contribution in [1.29, 1.82) is 0 Å². The molecular formula is C14H24N4O2S. The molecule has 1 aromatic rings. The van der Waals surface area contributed by atoms with Gasteiger partial charge in [-0.05, 0) is 51.1 Å². The molecule has 0 radical (unpaired) electrons. The quantitative estimate of drug-likeness (QED) is 0.768. The summed E-state index contributed by atoms with van der Waals surface area (Å²) in [5.74, 6) is 0.126. The van der Waals surface area contributed by atoms with Gasteiger partial charge in [-0.3, -0.25) is 4.79 Å². The number of aromatic nitrogens is 1. The fourth-order valence-corrected chi connectivity index (χ4v) is 3.66. The molecule has 2 heterocycles. The van der Waals surface area contributed by atoms with Gasteiger partial charge in [-0.1, -0.05) is 0 Å². The molecule has 1 aromatic heterocycles. The molecule has 1 saturated heterocycles. The Hall–Kier alpha value is -1.34. The highest BCUT2D eigenvalue weighted by Crippen LogP contribution is 2.35. The summed E-state index contributed by atoms with van der Waals surface area (Å²) in [6.07, 6.45) is 3.99. The van der Waals surface area contributed by atoms with Gasteiger partial charge in [0.25, 0.3) is 5.91 Å². The monoisotopic (exact) mass is 312 g/mol. The van der Waals surface area contributed by atoms with Gasteiger partial charge in [0, 0.05) is 25.2 Å². The van der Waals surface area contributed by atoms with E-state index in [-0.39, 0.29) is 24.6 Å². The molecule has 0 bridgehead atoms. The number of aliphatic hydroxyl groups excluding tert-OH is 1. The third-order valence-corrected chi connectivity index (χ3v) is 4.60. The molecule has 21 heavy (non-hydrogen) atoms. The first-order chi connectivity index (χ1) is 10.0. The van der Waals surface area contributed by atoms with Crippen LogP contribution in [0.4, 0.5) is 10.8 Å². The van der Waals surface area contributed by atoms with Gasteiger partial charge in [-0.25, -0.2) is 0 Å². The maximum Gasteiger partial charge on any atom is 0.258 e. The van der Waals surface area contributed by atoms with Gasteiger partial charge in [0.2, 0.25) is 0 Å². The number of rotatable bonds is 5. The molecule has 4 N–H and O–H groups in total. The van der Waals surface area contributed by atoms with Gasteiger partial charge < -0.3 is 21.1 Å². The standard InChI is InChI=1S/C14H24N4O2S/c1-9(2)16-13(20)11-12(15)17-21-14(11)18-7-4-3-5-10(18)6-8-19/h9-10,19H,3-8H2,1-2H3,(H2,15,17)(H,16,20). The number of nitrogen functional groups attached to an aromatic ring is 1. The lowest BCUT2D eigenvalue weighted by Gasteiger charge is -2.36. The second-order valence-electron chi connectivity index (χ2n) is 5.73. The average Bonchev–Trinajstić information content (AvgIpc) is 2.81. The van der Waals surface area contributed by atoms with Crippen LogP contribution in [0.15, 0.2) is 0 Å². The number of piperidine rings is 1. The first kappa shape index (κ1) is 16.0. The second-order valence-corrected chi connectivity index (χ2v) is 6.48. The van der Waals surface area contributed by atoms with E-state index >= 15 is 0 Å². The molecule has 1 unspecified atom stereocenters. The summed E-state index contributed by atoms with van der Waals surface area (Å²) in [5.41, 5.74) is 6.39. The zero-order valence-electron chi connectivity index (χ0n) is 12.6. The normalized spacial score (nSPS) is 19.0. The second kappa shape index (κ2) is 7.09. The summed E-state index contributed by atoms with van der Waals surface area (Å²) in [5, 5.41) is 13.0. The van der Waals surface area contributed by atoms with Crippen molar-refractivity contribution in [2.75, 3.05) is 23.8 Å². The van der Waals surface area contributed by atoms with Crippen molar-refractivity contribution >= 4 is 28.3 Å². The highest BCUT2D eigenvalue weighted by atomic mass is 32.1. The van der Waals surface area contributed by atoms with Gasteiger partial charge in [-0.15, -0.1) is 0 Å². The van der Waals surface area contributed by atoms with E-state index in [1.807, 2.05) is 13.8 Å². The van der Waals surface area contributed by atoms with Gasteiger partial charge in [0.15, 0.2) is 5.82 Å². The number of amides is 1. The molecule has 7 heteroatoms. The molecule has 1 atom stereocenters. The molecule has 1 amide bonds. The lowest BCUT2D eigenvalue weighted by Crippen LogP contribution is -2.41. The van der Waals surface area contributed by atoms with Crippen LogP contribution in [0.1, 0.15) is 49.9 Å². The SMILES string of the molecule is CC(C)NC(=O)c1c(N)nsc1N1CCCCC1CCO. The number of hydrogen-bond acceptors (Lipinski definition) is 6. The zero-order chi connectivity index (χ0) is 15.4. The van der Waals surface area contributed by atoms with Crippen molar-refractivity contribution in [2.45, 2.75) is 51.6 Å². The van der Waals surface area contributed by atoms with E-state index in [0.29, 0.717) is 17.8 Å². The van der Waals surface area contributed by atoms with Crippen LogP contribution in [-0.2, 0) is 0 Å². The molecule has 0 saturated carbocycles. The van der Waals surface area contributed by atoms with Gasteiger partial charge >= 0.3 is 0 Å². The molecule has 118 valence electrons. The van der Waals surface area contributed by atoms with Crippen molar-refractivity contribution in [1.82, 2.24) is 9.69 Å². The third-order valence-electron chi connectivity index (χ3n) is 3.70. The van der Waals surface area contributed by atoms with E-state index in [2.05, 4.69) is 14.6 Å². The molecule has 0 aliphatic carbocycles. The number of carbonyl (C=O) groups excluding carboxylic acids is 1. The number of hydrogen-bond donors (Lipinski definition) is 3. The number of aliphatic hydroxyl groups is 1. The smallest absolute Gasteiger partial charge is 0.258 e. The van der Waals surface area contributed by atoms with Crippen molar-refractivity contribution < 1.29 is 9.90 Å². The summed E-state index contributed by atoms with van der Waals surface area (Å²) in [7, 11) is 0. The van der Waals surface area contributed by atoms with E-state index < -0.39 is 0 Å². The zero-order valence-corrected chi connectivity index (χ0v) is 13.4. The van der Waals surface area contributed by atoms with Gasteiger partial charge in [0.1, 0.15) is 10.6 Å². The third kappa shape index (κ3) is 3.65. The van der Waals surface area contributed by atoms with Crippen LogP contribution in [0, 0.1) is 0 Å². The van der Waals surface area contributed by atoms with E-state index in [0.717, 1.165) is 30.8 Å². The van der Waals surface area contributed by atoms with Crippen molar-refractivity contribution in [2.24, 2.45) is 0 Å². The molecule has 1 aliphatic heterocycles. The molecule has 0 aromatic carbocycles. The number of nitrogens with two attached hydrogens (primary N) is 1. The predicted molar refractivity (Wildman–Crippen MR) is 85.8 cm³/mol. The van der Waals surface area contributed by atoms with Crippen LogP contribution in [0.3, 0.4) is 0 Å². The Morgan fingerprint density at radius 3 is 3.00 bits per heavy atom. The molecule has 1 fully saturated rings. The molecule has 2 rings (SSSR count). The van der Waals surface area contributed by atoms with Gasteiger partial charge in [0.05, 0.1) is 0 Å². The van der Waals surface area contributed by atoms with Crippen LogP contribution >= 0.6 is 11.5 Å². The Bertz CT molecular complexity index is 487. The number of carbonyl (C=O) groups is 1. The lowest BCUT2D eigenvalue weighted by atomic mass is 9.99. The lowest BCUT2D eigenvalue weighted by molar-refractivity contribution is 0.0944. The predicted octanol–water partition coefficient (Wildman–Crippen LogP) is 1.60. The van der Waals surface area contributed by atoms with Crippen molar-refractivity contribution in [3.8, 4) is 0 Å². The van der Waals surface area contributed by atoms with E-state index in [1.54, 1.807) is 0 Å². The minimum absolute atomic E-state index is 0.0549. The Labute approximate surface area is 129 Å². The topological polar surface area (TPSA) is 91.5 Å². The highest BCUT2D eigenvalue weighted by Gasteiger charge is 2.29.